The van der Waals surface area contributed by atoms with Crippen LogP contribution in [0.1, 0.15) is 25.1 Å². The first kappa shape index (κ1) is 12.5. The normalized spacial score (nSPS) is 16.9. The number of H-pyrrole nitrogens is 1. The molecule has 1 aromatic carbocycles. The molecule has 0 saturated heterocycles. The lowest BCUT2D eigenvalue weighted by atomic mass is 10.1. The Hall–Kier alpha value is -2.50. The molecule has 6 nitrogen and oxygen atoms in total. The van der Waals surface area contributed by atoms with Gasteiger partial charge >= 0.3 is 0 Å². The average Bonchev–Trinajstić information content (AvgIpc) is 2.81. The number of nitrogens with zero attached hydrogens (tertiary/aromatic N) is 2. The molecule has 0 amide bonds. The zero-order valence-corrected chi connectivity index (χ0v) is 11.1. The highest BCUT2D eigenvalue weighted by Gasteiger charge is 2.32. The molecule has 0 radical (unpaired) electrons. The maximum absolute atomic E-state index is 11.9. The van der Waals surface area contributed by atoms with Crippen molar-refractivity contribution in [1.29, 1.82) is 0 Å². The minimum absolute atomic E-state index is 0.137. The summed E-state index contributed by atoms with van der Waals surface area (Å²) in [6.45, 7) is 2.88. The van der Waals surface area contributed by atoms with Gasteiger partial charge in [-0.25, -0.2) is 4.98 Å². The molecule has 1 aliphatic heterocycles. The molecule has 2 aromatic rings. The highest BCUT2D eigenvalue weighted by molar-refractivity contribution is 5.71. The zero-order chi connectivity index (χ0) is 14.1. The van der Waals surface area contributed by atoms with Crippen LogP contribution >= 0.6 is 0 Å². The van der Waals surface area contributed by atoms with Crippen LogP contribution < -0.4 is 15.8 Å². The second-order valence-electron chi connectivity index (χ2n) is 4.76. The second kappa shape index (κ2) is 4.88. The van der Waals surface area contributed by atoms with E-state index in [1.165, 1.54) is 6.33 Å². The predicted molar refractivity (Wildman–Crippen MR) is 77.0 cm³/mol. The van der Waals surface area contributed by atoms with Gasteiger partial charge in [0, 0.05) is 6.54 Å². The number of aromatic amines is 1. The van der Waals surface area contributed by atoms with Crippen LogP contribution in [0.5, 0.6) is 5.75 Å². The SMILES string of the molecule is CCCN1c2nc[nH]c(=O)c2NC1c1ccc(O)cc1. The van der Waals surface area contributed by atoms with Crippen LogP contribution in [0.3, 0.4) is 0 Å². The van der Waals surface area contributed by atoms with E-state index in [0.29, 0.717) is 11.5 Å². The van der Waals surface area contributed by atoms with E-state index in [4.69, 9.17) is 0 Å². The summed E-state index contributed by atoms with van der Waals surface area (Å²) >= 11 is 0. The molecule has 0 saturated carbocycles. The third kappa shape index (κ3) is 1.99. The van der Waals surface area contributed by atoms with Gasteiger partial charge in [0.05, 0.1) is 6.33 Å². The number of nitrogens with one attached hydrogen (secondary N) is 2. The van der Waals surface area contributed by atoms with Crippen LogP contribution in [0.2, 0.25) is 0 Å². The molecule has 0 fully saturated rings. The molecule has 2 heterocycles. The Balaban J connectivity index is 2.03. The number of fused-ring (bicyclic) bond motifs is 1. The van der Waals surface area contributed by atoms with Gasteiger partial charge in [0.15, 0.2) is 5.82 Å². The van der Waals surface area contributed by atoms with E-state index in [9.17, 15) is 9.90 Å². The number of anilines is 2. The molecule has 104 valence electrons. The van der Waals surface area contributed by atoms with E-state index >= 15 is 0 Å². The number of hydrogen-bond acceptors (Lipinski definition) is 5. The third-order valence-corrected chi connectivity index (χ3v) is 3.37. The lowest BCUT2D eigenvalue weighted by molar-refractivity contribution is 0.475. The monoisotopic (exact) mass is 272 g/mol. The average molecular weight is 272 g/mol. The molecule has 0 spiro atoms. The van der Waals surface area contributed by atoms with Crippen molar-refractivity contribution in [3.63, 3.8) is 0 Å². The summed E-state index contributed by atoms with van der Waals surface area (Å²) in [5.74, 6) is 0.899. The smallest absolute Gasteiger partial charge is 0.276 e. The Bertz CT molecular complexity index is 666. The molecule has 3 rings (SSSR count). The Labute approximate surface area is 116 Å². The fourth-order valence-electron chi connectivity index (χ4n) is 2.47. The zero-order valence-electron chi connectivity index (χ0n) is 11.1. The highest BCUT2D eigenvalue weighted by atomic mass is 16.3. The minimum atomic E-state index is -0.169. The van der Waals surface area contributed by atoms with Crippen LogP contribution in [0, 0.1) is 0 Å². The third-order valence-electron chi connectivity index (χ3n) is 3.37. The van der Waals surface area contributed by atoms with Crippen molar-refractivity contribution < 1.29 is 5.11 Å². The van der Waals surface area contributed by atoms with Crippen molar-refractivity contribution in [3.8, 4) is 5.75 Å². The topological polar surface area (TPSA) is 81.2 Å². The molecule has 1 aliphatic rings. The number of aromatic hydroxyl groups is 1. The van der Waals surface area contributed by atoms with E-state index < -0.39 is 0 Å². The van der Waals surface area contributed by atoms with E-state index in [-0.39, 0.29) is 17.5 Å². The van der Waals surface area contributed by atoms with Gasteiger partial charge in [0.1, 0.15) is 17.6 Å². The number of aromatic nitrogens is 2. The first-order valence-electron chi connectivity index (χ1n) is 6.60. The standard InChI is InChI=1S/C14H16N4O2/c1-2-7-18-12(9-3-5-10(19)6-4-9)17-11-13(18)15-8-16-14(11)20/h3-6,8,12,17,19H,2,7H2,1H3,(H,15,16,20). The van der Waals surface area contributed by atoms with Gasteiger partial charge in [-0.05, 0) is 24.1 Å². The summed E-state index contributed by atoms with van der Waals surface area (Å²) in [7, 11) is 0. The van der Waals surface area contributed by atoms with E-state index in [1.807, 2.05) is 12.1 Å². The number of rotatable bonds is 3. The van der Waals surface area contributed by atoms with Crippen molar-refractivity contribution >= 4 is 11.5 Å². The van der Waals surface area contributed by atoms with Crippen LogP contribution in [0.4, 0.5) is 11.5 Å². The van der Waals surface area contributed by atoms with Gasteiger partial charge in [0.25, 0.3) is 5.56 Å². The first-order chi connectivity index (χ1) is 9.70. The molecule has 1 atom stereocenters. The van der Waals surface area contributed by atoms with Crippen LogP contribution in [0.25, 0.3) is 0 Å². The number of phenols is 1. The summed E-state index contributed by atoms with van der Waals surface area (Å²) in [4.78, 5) is 20.8. The van der Waals surface area contributed by atoms with Gasteiger partial charge in [-0.3, -0.25) is 4.79 Å². The van der Waals surface area contributed by atoms with E-state index in [2.05, 4.69) is 27.1 Å². The van der Waals surface area contributed by atoms with Gasteiger partial charge in [-0.15, -0.1) is 0 Å². The minimum Gasteiger partial charge on any atom is -0.508 e. The quantitative estimate of drug-likeness (QED) is 0.794. The Morgan fingerprint density at radius 3 is 2.80 bits per heavy atom. The number of hydrogen-bond donors (Lipinski definition) is 3. The van der Waals surface area contributed by atoms with E-state index in [0.717, 1.165) is 18.5 Å². The summed E-state index contributed by atoms with van der Waals surface area (Å²) in [6, 6.07) is 6.97. The van der Waals surface area contributed by atoms with Crippen molar-refractivity contribution in [1.82, 2.24) is 9.97 Å². The fourth-order valence-corrected chi connectivity index (χ4v) is 2.47. The molecule has 1 aromatic heterocycles. The predicted octanol–water partition coefficient (Wildman–Crippen LogP) is 1.82. The summed E-state index contributed by atoms with van der Waals surface area (Å²) in [5, 5.41) is 12.6. The van der Waals surface area contributed by atoms with E-state index in [1.54, 1.807) is 12.1 Å². The van der Waals surface area contributed by atoms with Gasteiger partial charge in [-0.1, -0.05) is 19.1 Å². The highest BCUT2D eigenvalue weighted by Crippen LogP contribution is 2.37. The molecule has 6 heteroatoms. The maximum Gasteiger partial charge on any atom is 0.276 e. The largest absolute Gasteiger partial charge is 0.508 e. The molecule has 0 bridgehead atoms. The molecular weight excluding hydrogens is 256 g/mol. The molecular formula is C14H16N4O2. The van der Waals surface area contributed by atoms with Gasteiger partial charge in [-0.2, -0.15) is 0 Å². The van der Waals surface area contributed by atoms with Crippen LogP contribution in [-0.2, 0) is 0 Å². The van der Waals surface area contributed by atoms with Crippen molar-refractivity contribution in [3.05, 3.63) is 46.5 Å². The Morgan fingerprint density at radius 1 is 1.35 bits per heavy atom. The summed E-state index contributed by atoms with van der Waals surface area (Å²) in [5.41, 5.74) is 1.31. The van der Waals surface area contributed by atoms with Crippen molar-refractivity contribution in [2.24, 2.45) is 0 Å². The fraction of sp³-hybridized carbons (Fsp3) is 0.286. The lowest BCUT2D eigenvalue weighted by Gasteiger charge is -2.25. The Kier molecular flexibility index (Phi) is 3.06. The van der Waals surface area contributed by atoms with Gasteiger partial charge in [0.2, 0.25) is 0 Å². The lowest BCUT2D eigenvalue weighted by Crippen LogP contribution is -2.29. The Morgan fingerprint density at radius 2 is 2.10 bits per heavy atom. The van der Waals surface area contributed by atoms with Crippen LogP contribution in [-0.4, -0.2) is 21.6 Å². The molecule has 3 N–H and O–H groups in total. The molecule has 0 aliphatic carbocycles. The first-order valence-corrected chi connectivity index (χ1v) is 6.60. The molecule has 1 unspecified atom stereocenters. The summed E-state index contributed by atoms with van der Waals surface area (Å²) < 4.78 is 0. The maximum atomic E-state index is 11.9. The summed E-state index contributed by atoms with van der Waals surface area (Å²) in [6.07, 6.45) is 2.23. The van der Waals surface area contributed by atoms with Gasteiger partial charge < -0.3 is 20.3 Å². The van der Waals surface area contributed by atoms with Crippen LogP contribution in [0.15, 0.2) is 35.4 Å². The number of benzene rings is 1. The van der Waals surface area contributed by atoms with Crippen molar-refractivity contribution in [2.45, 2.75) is 19.5 Å². The molecule has 20 heavy (non-hydrogen) atoms. The number of phenolic OH excluding ortho intramolecular Hbond substituents is 1. The second-order valence-corrected chi connectivity index (χ2v) is 4.76. The van der Waals surface area contributed by atoms with Crippen molar-refractivity contribution in [2.75, 3.05) is 16.8 Å².